The van der Waals surface area contributed by atoms with E-state index in [1.807, 2.05) is 12.3 Å². The summed E-state index contributed by atoms with van der Waals surface area (Å²) in [6, 6.07) is 7.94. The second-order valence-electron chi connectivity index (χ2n) is 6.34. The molecule has 1 aliphatic rings. The molecule has 3 rings (SSSR count). The molecular weight excluding hydrogens is 379 g/mol. The van der Waals surface area contributed by atoms with Crippen LogP contribution in [0.5, 0.6) is 0 Å². The van der Waals surface area contributed by atoms with Gasteiger partial charge in [-0.2, -0.15) is 18.3 Å². The minimum atomic E-state index is -4.60. The number of benzene rings is 1. The molecule has 1 aromatic carbocycles. The van der Waals surface area contributed by atoms with Gasteiger partial charge in [-0.05, 0) is 43.2 Å². The molecule has 0 unspecified atom stereocenters. The van der Waals surface area contributed by atoms with Gasteiger partial charge in [0.25, 0.3) is 5.91 Å². The lowest BCUT2D eigenvalue weighted by molar-refractivity contribution is -0.141. The highest BCUT2D eigenvalue weighted by molar-refractivity contribution is 7.98. The maximum absolute atomic E-state index is 13.1. The van der Waals surface area contributed by atoms with E-state index >= 15 is 0 Å². The van der Waals surface area contributed by atoms with Gasteiger partial charge in [0, 0.05) is 36.4 Å². The molecule has 1 saturated heterocycles. The first kappa shape index (κ1) is 19.8. The monoisotopic (exact) mass is 399 g/mol. The van der Waals surface area contributed by atoms with Gasteiger partial charge in [0.15, 0.2) is 5.69 Å². The number of ether oxygens (including phenoxy) is 1. The molecule has 1 aliphatic heterocycles. The molecule has 0 saturated carbocycles. The lowest BCUT2D eigenvalue weighted by atomic mass is 10.0. The van der Waals surface area contributed by atoms with Gasteiger partial charge in [-0.15, -0.1) is 11.8 Å². The Kier molecular flexibility index (Phi) is 6.11. The van der Waals surface area contributed by atoms with Crippen LogP contribution in [0.4, 0.5) is 18.9 Å². The van der Waals surface area contributed by atoms with Crippen LogP contribution in [-0.2, 0) is 17.5 Å². The first-order valence-electron chi connectivity index (χ1n) is 8.55. The van der Waals surface area contributed by atoms with Crippen molar-refractivity contribution in [2.45, 2.75) is 30.5 Å². The van der Waals surface area contributed by atoms with Gasteiger partial charge in [0.2, 0.25) is 0 Å². The van der Waals surface area contributed by atoms with Gasteiger partial charge in [-0.25, -0.2) is 0 Å². The number of nitrogens with zero attached hydrogens (tertiary/aromatic N) is 2. The van der Waals surface area contributed by atoms with Crippen LogP contribution in [0.25, 0.3) is 0 Å². The molecule has 5 nitrogen and oxygen atoms in total. The van der Waals surface area contributed by atoms with E-state index in [9.17, 15) is 18.0 Å². The second-order valence-corrected chi connectivity index (χ2v) is 7.22. The van der Waals surface area contributed by atoms with E-state index in [0.29, 0.717) is 18.9 Å². The minimum Gasteiger partial charge on any atom is -0.381 e. The molecule has 1 amide bonds. The summed E-state index contributed by atoms with van der Waals surface area (Å²) in [5.74, 6) is -0.477. The maximum atomic E-state index is 13.1. The summed E-state index contributed by atoms with van der Waals surface area (Å²) in [7, 11) is 0. The van der Waals surface area contributed by atoms with Gasteiger partial charge in [-0.1, -0.05) is 6.07 Å². The molecule has 0 aliphatic carbocycles. The number of thioether (sulfide) groups is 1. The number of halogens is 3. The van der Waals surface area contributed by atoms with Crippen LogP contribution in [0.1, 0.15) is 29.0 Å². The van der Waals surface area contributed by atoms with Crippen molar-refractivity contribution in [3.63, 3.8) is 0 Å². The number of alkyl halides is 3. The smallest absolute Gasteiger partial charge is 0.381 e. The number of aromatic nitrogens is 2. The molecule has 2 aromatic rings. The molecule has 0 bridgehead atoms. The fourth-order valence-electron chi connectivity index (χ4n) is 2.95. The third-order valence-electron chi connectivity index (χ3n) is 4.40. The van der Waals surface area contributed by atoms with E-state index in [1.54, 1.807) is 18.2 Å². The summed E-state index contributed by atoms with van der Waals surface area (Å²) in [5.41, 5.74) is -0.625. The molecule has 9 heteroatoms. The van der Waals surface area contributed by atoms with Crippen LogP contribution in [0, 0.1) is 5.92 Å². The van der Waals surface area contributed by atoms with E-state index in [-0.39, 0.29) is 18.2 Å². The van der Waals surface area contributed by atoms with Crippen LogP contribution in [0.3, 0.4) is 0 Å². The highest BCUT2D eigenvalue weighted by Gasteiger charge is 2.36. The topological polar surface area (TPSA) is 56.2 Å². The summed E-state index contributed by atoms with van der Waals surface area (Å²) >= 11 is 1.51. The molecule has 0 radical (unpaired) electrons. The number of hydrogen-bond donors (Lipinski definition) is 1. The quantitative estimate of drug-likeness (QED) is 0.762. The molecule has 1 N–H and O–H groups in total. The van der Waals surface area contributed by atoms with Crippen molar-refractivity contribution in [2.75, 3.05) is 24.8 Å². The van der Waals surface area contributed by atoms with Crippen LogP contribution < -0.4 is 5.32 Å². The molecule has 146 valence electrons. The number of anilines is 1. The molecule has 27 heavy (non-hydrogen) atoms. The maximum Gasteiger partial charge on any atom is 0.435 e. The summed E-state index contributed by atoms with van der Waals surface area (Å²) in [5, 5.41) is 6.33. The Bertz CT molecular complexity index is 801. The number of nitrogens with one attached hydrogen (secondary N) is 1. The van der Waals surface area contributed by atoms with E-state index < -0.39 is 17.8 Å². The third kappa shape index (κ3) is 5.04. The highest BCUT2D eigenvalue weighted by atomic mass is 32.2. The van der Waals surface area contributed by atoms with E-state index in [1.165, 1.54) is 16.4 Å². The Morgan fingerprint density at radius 3 is 2.74 bits per heavy atom. The predicted octanol–water partition coefficient (Wildman–Crippen LogP) is 4.30. The van der Waals surface area contributed by atoms with Crippen molar-refractivity contribution in [1.29, 1.82) is 0 Å². The summed E-state index contributed by atoms with van der Waals surface area (Å²) in [6.07, 6.45) is -1.23. The molecule has 2 heterocycles. The summed E-state index contributed by atoms with van der Waals surface area (Å²) in [6.45, 7) is 1.40. The number of carbonyl (C=O) groups excluding carboxylic acids is 1. The van der Waals surface area contributed by atoms with Crippen LogP contribution >= 0.6 is 11.8 Å². The average Bonchev–Trinajstić information content (AvgIpc) is 3.07. The molecule has 1 aromatic heterocycles. The lowest BCUT2D eigenvalue weighted by Crippen LogP contribution is -2.24. The number of rotatable bonds is 5. The predicted molar refractivity (Wildman–Crippen MR) is 96.9 cm³/mol. The van der Waals surface area contributed by atoms with Crippen molar-refractivity contribution < 1.29 is 22.7 Å². The normalized spacial score (nSPS) is 15.7. The van der Waals surface area contributed by atoms with Crippen molar-refractivity contribution in [3.05, 3.63) is 41.7 Å². The fraction of sp³-hybridized carbons (Fsp3) is 0.444. The van der Waals surface area contributed by atoms with Crippen LogP contribution in [0.2, 0.25) is 0 Å². The molecule has 0 atom stereocenters. The Morgan fingerprint density at radius 1 is 1.33 bits per heavy atom. The zero-order valence-electron chi connectivity index (χ0n) is 14.8. The second kappa shape index (κ2) is 8.35. The Labute approximate surface area is 159 Å². The van der Waals surface area contributed by atoms with Crippen molar-refractivity contribution in [1.82, 2.24) is 9.78 Å². The third-order valence-corrected chi connectivity index (χ3v) is 5.13. The van der Waals surface area contributed by atoms with Crippen molar-refractivity contribution in [2.24, 2.45) is 5.92 Å². The zero-order valence-corrected chi connectivity index (χ0v) is 15.6. The first-order valence-corrected chi connectivity index (χ1v) is 9.77. The van der Waals surface area contributed by atoms with Gasteiger partial charge >= 0.3 is 6.18 Å². The summed E-state index contributed by atoms with van der Waals surface area (Å²) in [4.78, 5) is 13.6. The van der Waals surface area contributed by atoms with E-state index in [0.717, 1.165) is 23.8 Å². The van der Waals surface area contributed by atoms with Crippen molar-refractivity contribution >= 4 is 23.4 Å². The molecule has 0 spiro atoms. The standard InChI is InChI=1S/C18H20F3N3O2S/c1-27-14-4-2-3-13(9-14)22-17(25)15-10-16(18(19,20)21)23-24(15)11-12-5-7-26-8-6-12/h2-4,9-10,12H,5-8,11H2,1H3,(H,22,25). The number of amides is 1. The average molecular weight is 399 g/mol. The van der Waals surface area contributed by atoms with Crippen LogP contribution in [-0.4, -0.2) is 35.2 Å². The number of carbonyl (C=O) groups is 1. The zero-order chi connectivity index (χ0) is 19.4. The van der Waals surface area contributed by atoms with Gasteiger partial charge in [0.1, 0.15) is 5.69 Å². The van der Waals surface area contributed by atoms with Crippen LogP contribution in [0.15, 0.2) is 35.2 Å². The Morgan fingerprint density at radius 2 is 2.07 bits per heavy atom. The van der Waals surface area contributed by atoms with Gasteiger partial charge in [0.05, 0.1) is 0 Å². The van der Waals surface area contributed by atoms with Gasteiger partial charge in [-0.3, -0.25) is 9.48 Å². The van der Waals surface area contributed by atoms with Gasteiger partial charge < -0.3 is 10.1 Å². The number of hydrogen-bond acceptors (Lipinski definition) is 4. The summed E-state index contributed by atoms with van der Waals surface area (Å²) < 4.78 is 45.8. The largest absolute Gasteiger partial charge is 0.435 e. The first-order chi connectivity index (χ1) is 12.9. The van der Waals surface area contributed by atoms with Crippen molar-refractivity contribution in [3.8, 4) is 0 Å². The van der Waals surface area contributed by atoms with E-state index in [2.05, 4.69) is 10.4 Å². The SMILES string of the molecule is CSc1cccc(NC(=O)c2cc(C(F)(F)F)nn2CC2CCOCC2)c1. The molecular formula is C18H20F3N3O2S. The highest BCUT2D eigenvalue weighted by Crippen LogP contribution is 2.30. The fourth-order valence-corrected chi connectivity index (χ4v) is 3.41. The Balaban J connectivity index is 1.84. The molecule has 1 fully saturated rings. The Hall–Kier alpha value is -2.00. The van der Waals surface area contributed by atoms with E-state index in [4.69, 9.17) is 4.74 Å². The lowest BCUT2D eigenvalue weighted by Gasteiger charge is -2.22. The minimum absolute atomic E-state index is 0.0941.